The highest BCUT2D eigenvalue weighted by Crippen LogP contribution is 2.23. The fourth-order valence-electron chi connectivity index (χ4n) is 2.39. The summed E-state index contributed by atoms with van der Waals surface area (Å²) in [5.41, 5.74) is -0.147. The molecule has 3 aromatic rings. The minimum atomic E-state index is -0.833. The highest BCUT2D eigenvalue weighted by Gasteiger charge is 2.21. The molecule has 0 fully saturated rings. The van der Waals surface area contributed by atoms with Crippen LogP contribution in [0.5, 0.6) is 0 Å². The Labute approximate surface area is 180 Å². The first kappa shape index (κ1) is 21.2. The van der Waals surface area contributed by atoms with Crippen LogP contribution in [-0.4, -0.2) is 45.1 Å². The number of aromatic nitrogens is 3. The summed E-state index contributed by atoms with van der Waals surface area (Å²) in [5, 5.41) is 10.1. The van der Waals surface area contributed by atoms with Crippen molar-refractivity contribution in [3.63, 3.8) is 0 Å². The SMILES string of the molecule is CCCN(Cc1nnc(-c2cccs2)o1)C(=O)COC(=O)c1nc(Cl)ccc1Cl. The minimum absolute atomic E-state index is 0.0872. The number of pyridine rings is 1. The third-order valence-electron chi connectivity index (χ3n) is 3.70. The molecule has 0 aliphatic heterocycles. The zero-order valence-corrected chi connectivity index (χ0v) is 17.6. The number of ether oxygens (including phenoxy) is 1. The van der Waals surface area contributed by atoms with E-state index in [1.54, 1.807) is 0 Å². The minimum Gasteiger partial charge on any atom is -0.451 e. The Morgan fingerprint density at radius 2 is 2.07 bits per heavy atom. The van der Waals surface area contributed by atoms with E-state index in [0.717, 1.165) is 4.88 Å². The van der Waals surface area contributed by atoms with E-state index in [1.165, 1.54) is 28.4 Å². The fraction of sp³-hybridized carbons (Fsp3) is 0.278. The number of esters is 1. The second-order valence-electron chi connectivity index (χ2n) is 5.83. The molecule has 1 amide bonds. The van der Waals surface area contributed by atoms with Gasteiger partial charge in [0.25, 0.3) is 11.8 Å². The quantitative estimate of drug-likeness (QED) is 0.373. The van der Waals surface area contributed by atoms with Gasteiger partial charge >= 0.3 is 5.97 Å². The predicted molar refractivity (Wildman–Crippen MR) is 108 cm³/mol. The van der Waals surface area contributed by atoms with E-state index in [2.05, 4.69) is 15.2 Å². The normalized spacial score (nSPS) is 10.7. The fourth-order valence-corrected chi connectivity index (χ4v) is 3.36. The number of halogens is 2. The molecule has 0 radical (unpaired) electrons. The molecule has 8 nitrogen and oxygen atoms in total. The third-order valence-corrected chi connectivity index (χ3v) is 5.08. The lowest BCUT2D eigenvalue weighted by Crippen LogP contribution is -2.35. The standard InChI is InChI=1S/C18H16Cl2N4O4S/c1-2-7-24(9-14-22-23-17(28-14)12-4-3-8-29-12)15(25)10-27-18(26)16-11(19)5-6-13(20)21-16/h3-6,8H,2,7,9-10H2,1H3. The van der Waals surface area contributed by atoms with Crippen LogP contribution in [0.1, 0.15) is 29.7 Å². The van der Waals surface area contributed by atoms with E-state index in [1.807, 2.05) is 24.4 Å². The molecule has 0 saturated carbocycles. The van der Waals surface area contributed by atoms with Gasteiger partial charge in [-0.25, -0.2) is 9.78 Å². The molecule has 0 aromatic carbocycles. The van der Waals surface area contributed by atoms with Crippen molar-refractivity contribution in [2.75, 3.05) is 13.2 Å². The van der Waals surface area contributed by atoms with Crippen molar-refractivity contribution < 1.29 is 18.7 Å². The first-order chi connectivity index (χ1) is 14.0. The van der Waals surface area contributed by atoms with Gasteiger partial charge in [0.15, 0.2) is 12.3 Å². The molecule has 0 N–H and O–H groups in total. The molecule has 3 rings (SSSR count). The van der Waals surface area contributed by atoms with Crippen molar-refractivity contribution in [1.29, 1.82) is 0 Å². The number of amides is 1. The molecule has 152 valence electrons. The Kier molecular flexibility index (Phi) is 7.18. The number of hydrogen-bond acceptors (Lipinski definition) is 8. The Morgan fingerprint density at radius 1 is 1.24 bits per heavy atom. The summed E-state index contributed by atoms with van der Waals surface area (Å²) in [6, 6.07) is 6.63. The second-order valence-corrected chi connectivity index (χ2v) is 7.58. The summed E-state index contributed by atoms with van der Waals surface area (Å²) in [5.74, 6) is -0.553. The Hall–Kier alpha value is -2.49. The molecule has 0 bridgehead atoms. The van der Waals surface area contributed by atoms with Gasteiger partial charge < -0.3 is 14.1 Å². The van der Waals surface area contributed by atoms with Gasteiger partial charge in [-0.15, -0.1) is 21.5 Å². The number of nitrogens with zero attached hydrogens (tertiary/aromatic N) is 4. The van der Waals surface area contributed by atoms with Crippen molar-refractivity contribution in [2.45, 2.75) is 19.9 Å². The van der Waals surface area contributed by atoms with Crippen molar-refractivity contribution in [2.24, 2.45) is 0 Å². The van der Waals surface area contributed by atoms with Crippen molar-refractivity contribution in [1.82, 2.24) is 20.1 Å². The van der Waals surface area contributed by atoms with Gasteiger partial charge in [0, 0.05) is 6.54 Å². The second kappa shape index (κ2) is 9.82. The summed E-state index contributed by atoms with van der Waals surface area (Å²) >= 11 is 13.2. The van der Waals surface area contributed by atoms with E-state index in [4.69, 9.17) is 32.4 Å². The Morgan fingerprint density at radius 3 is 2.79 bits per heavy atom. The lowest BCUT2D eigenvalue weighted by atomic mass is 10.3. The van der Waals surface area contributed by atoms with Crippen LogP contribution in [0.3, 0.4) is 0 Å². The number of hydrogen-bond donors (Lipinski definition) is 0. The van der Waals surface area contributed by atoms with E-state index < -0.39 is 18.5 Å². The zero-order chi connectivity index (χ0) is 20.8. The largest absolute Gasteiger partial charge is 0.451 e. The number of carbonyl (C=O) groups is 2. The molecule has 3 heterocycles. The first-order valence-corrected chi connectivity index (χ1v) is 10.2. The molecule has 0 aliphatic rings. The summed E-state index contributed by atoms with van der Waals surface area (Å²) in [6.07, 6.45) is 0.702. The molecule has 11 heteroatoms. The van der Waals surface area contributed by atoms with Crippen molar-refractivity contribution in [3.8, 4) is 10.8 Å². The highest BCUT2D eigenvalue weighted by molar-refractivity contribution is 7.13. The lowest BCUT2D eigenvalue weighted by Gasteiger charge is -2.20. The van der Waals surface area contributed by atoms with E-state index in [-0.39, 0.29) is 22.4 Å². The van der Waals surface area contributed by atoms with Crippen LogP contribution in [0, 0.1) is 0 Å². The average Bonchev–Trinajstić information content (AvgIpc) is 3.39. The number of thiophene rings is 1. The maximum absolute atomic E-state index is 12.5. The van der Waals surface area contributed by atoms with Crippen LogP contribution in [0.25, 0.3) is 10.8 Å². The van der Waals surface area contributed by atoms with E-state index in [9.17, 15) is 9.59 Å². The molecular weight excluding hydrogens is 439 g/mol. The molecule has 0 aliphatic carbocycles. The monoisotopic (exact) mass is 454 g/mol. The third kappa shape index (κ3) is 5.53. The van der Waals surface area contributed by atoms with E-state index >= 15 is 0 Å². The van der Waals surface area contributed by atoms with Gasteiger partial charge in [-0.2, -0.15) is 0 Å². The summed E-state index contributed by atoms with van der Waals surface area (Å²) < 4.78 is 10.7. The van der Waals surface area contributed by atoms with Crippen LogP contribution in [-0.2, 0) is 16.1 Å². The van der Waals surface area contributed by atoms with Crippen LogP contribution in [0.15, 0.2) is 34.1 Å². The van der Waals surface area contributed by atoms with Crippen molar-refractivity contribution >= 4 is 46.4 Å². The van der Waals surface area contributed by atoms with E-state index in [0.29, 0.717) is 24.7 Å². The maximum atomic E-state index is 12.5. The molecule has 0 unspecified atom stereocenters. The summed E-state index contributed by atoms with van der Waals surface area (Å²) in [7, 11) is 0. The smallest absolute Gasteiger partial charge is 0.359 e. The Bertz CT molecular complexity index is 994. The van der Waals surface area contributed by atoms with Crippen LogP contribution < -0.4 is 0 Å². The van der Waals surface area contributed by atoms with Crippen LogP contribution in [0.4, 0.5) is 0 Å². The molecule has 29 heavy (non-hydrogen) atoms. The van der Waals surface area contributed by atoms with Gasteiger partial charge in [-0.3, -0.25) is 4.79 Å². The highest BCUT2D eigenvalue weighted by atomic mass is 35.5. The number of carbonyl (C=O) groups excluding carboxylic acids is 2. The molecular formula is C18H16Cl2N4O4S. The molecule has 0 atom stereocenters. The topological polar surface area (TPSA) is 98.4 Å². The zero-order valence-electron chi connectivity index (χ0n) is 15.3. The summed E-state index contributed by atoms with van der Waals surface area (Å²) in [6.45, 7) is 1.99. The lowest BCUT2D eigenvalue weighted by molar-refractivity contribution is -0.135. The maximum Gasteiger partial charge on any atom is 0.359 e. The Balaban J connectivity index is 1.62. The van der Waals surface area contributed by atoms with Gasteiger partial charge in [0.1, 0.15) is 5.15 Å². The van der Waals surface area contributed by atoms with Crippen molar-refractivity contribution in [3.05, 3.63) is 51.4 Å². The molecule has 0 spiro atoms. The summed E-state index contributed by atoms with van der Waals surface area (Å²) in [4.78, 5) is 30.9. The van der Waals surface area contributed by atoms with Crippen LogP contribution in [0.2, 0.25) is 10.2 Å². The number of rotatable bonds is 8. The average molecular weight is 455 g/mol. The van der Waals surface area contributed by atoms with Gasteiger partial charge in [0.2, 0.25) is 5.89 Å². The van der Waals surface area contributed by atoms with Crippen LogP contribution >= 0.6 is 34.5 Å². The van der Waals surface area contributed by atoms with Gasteiger partial charge in [0.05, 0.1) is 16.4 Å². The first-order valence-electron chi connectivity index (χ1n) is 8.61. The van der Waals surface area contributed by atoms with Gasteiger partial charge in [-0.05, 0) is 30.0 Å². The predicted octanol–water partition coefficient (Wildman–Crippen LogP) is 4.10. The molecule has 3 aromatic heterocycles. The molecule has 0 saturated heterocycles. The van der Waals surface area contributed by atoms with Gasteiger partial charge in [-0.1, -0.05) is 36.2 Å².